The largest absolute Gasteiger partial charge is 0.492 e. The summed E-state index contributed by atoms with van der Waals surface area (Å²) >= 11 is 1.79. The number of halogens is 1. The Bertz CT molecular complexity index is 812. The van der Waals surface area contributed by atoms with Crippen LogP contribution in [0.2, 0.25) is 0 Å². The Morgan fingerprint density at radius 2 is 2.10 bits per heavy atom. The maximum Gasteiger partial charge on any atom is 0.224 e. The van der Waals surface area contributed by atoms with Gasteiger partial charge >= 0.3 is 0 Å². The lowest BCUT2D eigenvalue weighted by Crippen LogP contribution is -2.41. The van der Waals surface area contributed by atoms with E-state index >= 15 is 0 Å². The van der Waals surface area contributed by atoms with Gasteiger partial charge in [-0.1, -0.05) is 18.2 Å². The van der Waals surface area contributed by atoms with Crippen LogP contribution in [0, 0.1) is 0 Å². The number of hydrogen-bond donors (Lipinski definition) is 1. The summed E-state index contributed by atoms with van der Waals surface area (Å²) in [5, 5.41) is 5.40. The predicted octanol–water partition coefficient (Wildman–Crippen LogP) is 3.62. The second-order valence-electron chi connectivity index (χ2n) is 7.00. The smallest absolute Gasteiger partial charge is 0.224 e. The van der Waals surface area contributed by atoms with Crippen molar-refractivity contribution in [3.05, 3.63) is 52.2 Å². The molecule has 1 N–H and O–H groups in total. The normalized spacial score (nSPS) is 13.3. The Morgan fingerprint density at radius 3 is 2.87 bits per heavy atom. The number of ether oxygens (including phenoxy) is 1. The van der Waals surface area contributed by atoms with Crippen LogP contribution in [-0.4, -0.2) is 61.5 Å². The van der Waals surface area contributed by atoms with E-state index in [0.717, 1.165) is 37.8 Å². The molecule has 3 rings (SSSR count). The molecule has 8 heteroatoms. The van der Waals surface area contributed by atoms with Crippen molar-refractivity contribution in [2.45, 2.75) is 26.3 Å². The Kier molecular flexibility index (Phi) is 10.4. The zero-order valence-electron chi connectivity index (χ0n) is 17.7. The lowest BCUT2D eigenvalue weighted by atomic mass is 10.1. The lowest BCUT2D eigenvalue weighted by molar-refractivity contribution is -0.131. The fraction of sp³-hybridized carbons (Fsp3) is 0.455. The number of amides is 1. The monoisotopic (exact) mass is 542 g/mol. The van der Waals surface area contributed by atoms with Crippen LogP contribution in [-0.2, 0) is 17.8 Å². The fourth-order valence-electron chi connectivity index (χ4n) is 3.27. The number of likely N-dealkylation sites (N-methyl/N-ethyl adjacent to an activating group) is 1. The van der Waals surface area contributed by atoms with Crippen LogP contribution in [0.15, 0.2) is 46.8 Å². The number of nitrogens with one attached hydrogen (secondary N) is 1. The quantitative estimate of drug-likeness (QED) is 0.315. The van der Waals surface area contributed by atoms with Gasteiger partial charge in [-0.15, -0.1) is 35.3 Å². The van der Waals surface area contributed by atoms with Crippen LogP contribution in [0.25, 0.3) is 0 Å². The third kappa shape index (κ3) is 7.16. The van der Waals surface area contributed by atoms with Gasteiger partial charge in [0.05, 0.1) is 13.1 Å². The van der Waals surface area contributed by atoms with E-state index in [1.165, 1.54) is 10.4 Å². The molecule has 0 radical (unpaired) electrons. The highest BCUT2D eigenvalue weighted by Gasteiger charge is 2.21. The van der Waals surface area contributed by atoms with Crippen molar-refractivity contribution < 1.29 is 9.53 Å². The Morgan fingerprint density at radius 1 is 1.30 bits per heavy atom. The van der Waals surface area contributed by atoms with E-state index in [1.54, 1.807) is 11.3 Å². The summed E-state index contributed by atoms with van der Waals surface area (Å²) < 4.78 is 5.76. The summed E-state index contributed by atoms with van der Waals surface area (Å²) in [6, 6.07) is 11.9. The third-order valence-electron chi connectivity index (χ3n) is 4.88. The molecule has 0 saturated heterocycles. The number of benzene rings is 1. The van der Waals surface area contributed by atoms with Crippen molar-refractivity contribution in [1.29, 1.82) is 0 Å². The van der Waals surface area contributed by atoms with Crippen molar-refractivity contribution in [3.63, 3.8) is 0 Å². The van der Waals surface area contributed by atoms with Crippen molar-refractivity contribution in [3.8, 4) is 5.75 Å². The van der Waals surface area contributed by atoms with Gasteiger partial charge in [0.25, 0.3) is 0 Å². The van der Waals surface area contributed by atoms with Crippen molar-refractivity contribution in [1.82, 2.24) is 15.1 Å². The number of carbonyl (C=O) groups is 1. The molecule has 1 aliphatic heterocycles. The van der Waals surface area contributed by atoms with Gasteiger partial charge in [-0.25, -0.2) is 0 Å². The second-order valence-corrected chi connectivity index (χ2v) is 8.00. The summed E-state index contributed by atoms with van der Waals surface area (Å²) in [6.07, 6.45) is 1.40. The van der Waals surface area contributed by atoms with Crippen LogP contribution in [0.4, 0.5) is 0 Å². The van der Waals surface area contributed by atoms with E-state index < -0.39 is 0 Å². The zero-order chi connectivity index (χ0) is 20.5. The maximum absolute atomic E-state index is 12.6. The molecule has 0 unspecified atom stereocenters. The predicted molar refractivity (Wildman–Crippen MR) is 134 cm³/mol. The van der Waals surface area contributed by atoms with E-state index in [-0.39, 0.29) is 29.9 Å². The molecule has 1 aromatic heterocycles. The van der Waals surface area contributed by atoms with Gasteiger partial charge in [0, 0.05) is 38.0 Å². The summed E-state index contributed by atoms with van der Waals surface area (Å²) in [4.78, 5) is 22.6. The lowest BCUT2D eigenvalue weighted by Gasteiger charge is -2.27. The molecule has 0 spiro atoms. The van der Waals surface area contributed by atoms with E-state index in [4.69, 9.17) is 4.74 Å². The van der Waals surface area contributed by atoms with Gasteiger partial charge in [-0.05, 0) is 42.5 Å². The number of rotatable bonds is 8. The molecule has 0 bridgehead atoms. The second kappa shape index (κ2) is 12.8. The van der Waals surface area contributed by atoms with Gasteiger partial charge in [-0.2, -0.15) is 0 Å². The third-order valence-corrected chi connectivity index (χ3v) is 5.91. The van der Waals surface area contributed by atoms with E-state index in [9.17, 15) is 4.79 Å². The molecule has 1 amide bonds. The Hall–Kier alpha value is -1.81. The highest BCUT2D eigenvalue weighted by atomic mass is 127. The first-order chi connectivity index (χ1) is 14.2. The molecule has 164 valence electrons. The minimum Gasteiger partial charge on any atom is -0.492 e. The molecule has 30 heavy (non-hydrogen) atoms. The minimum atomic E-state index is 0. The Labute approximate surface area is 200 Å². The van der Waals surface area contributed by atoms with E-state index in [0.29, 0.717) is 26.1 Å². The van der Waals surface area contributed by atoms with Crippen molar-refractivity contribution in [2.24, 2.45) is 4.99 Å². The van der Waals surface area contributed by atoms with Crippen LogP contribution in [0.3, 0.4) is 0 Å². The first-order valence-corrected chi connectivity index (χ1v) is 11.1. The molecule has 1 aliphatic rings. The van der Waals surface area contributed by atoms with Gasteiger partial charge in [0.2, 0.25) is 5.91 Å². The van der Waals surface area contributed by atoms with E-state index in [1.807, 2.05) is 54.1 Å². The number of hydrogen-bond acceptors (Lipinski definition) is 4. The number of aliphatic imine (C=N–C) groups is 1. The molecule has 2 aromatic rings. The molecular formula is C22H31IN4O2S. The summed E-state index contributed by atoms with van der Waals surface area (Å²) in [5.41, 5.74) is 1.30. The number of guanidine groups is 1. The number of fused-ring (bicyclic) bond motifs is 1. The van der Waals surface area contributed by atoms with Gasteiger partial charge in [0.1, 0.15) is 12.4 Å². The summed E-state index contributed by atoms with van der Waals surface area (Å²) in [5.74, 6) is 1.84. The average molecular weight is 542 g/mol. The average Bonchev–Trinajstić information content (AvgIpc) is 3.21. The molecule has 0 atom stereocenters. The minimum absolute atomic E-state index is 0. The molecule has 1 aromatic carbocycles. The highest BCUT2D eigenvalue weighted by molar-refractivity contribution is 14.0. The SMILES string of the molecule is CCNC(=NCCC(=O)N1CCc2sccc2C1)N(C)CCOc1ccccc1.I. The van der Waals surface area contributed by atoms with Crippen LogP contribution in [0.1, 0.15) is 23.8 Å². The molecule has 0 saturated carbocycles. The topological polar surface area (TPSA) is 57.2 Å². The highest BCUT2D eigenvalue weighted by Crippen LogP contribution is 2.24. The molecule has 6 nitrogen and oxygen atoms in total. The van der Waals surface area contributed by atoms with Crippen LogP contribution in [0.5, 0.6) is 5.75 Å². The molecule has 0 fully saturated rings. The Balaban J connectivity index is 0.00000320. The fourth-order valence-corrected chi connectivity index (χ4v) is 4.16. The summed E-state index contributed by atoms with van der Waals surface area (Å²) in [6.45, 7) is 6.14. The number of nitrogens with zero attached hydrogens (tertiary/aromatic N) is 3. The van der Waals surface area contributed by atoms with Gasteiger partial charge < -0.3 is 19.9 Å². The standard InChI is InChI=1S/C22H30N4O2S.HI/c1-3-23-22(25(2)14-15-28-19-7-5-4-6-8-19)24-12-9-21(27)26-13-10-20-18(17-26)11-16-29-20;/h4-8,11,16H,3,9-10,12-15,17H2,1-2H3,(H,23,24);1H. The van der Waals surface area contributed by atoms with Crippen molar-refractivity contribution >= 4 is 47.2 Å². The molecular weight excluding hydrogens is 511 g/mol. The van der Waals surface area contributed by atoms with Crippen LogP contribution >= 0.6 is 35.3 Å². The first-order valence-electron chi connectivity index (χ1n) is 10.2. The van der Waals surface area contributed by atoms with Crippen molar-refractivity contribution in [2.75, 3.05) is 39.8 Å². The van der Waals surface area contributed by atoms with Crippen LogP contribution < -0.4 is 10.1 Å². The zero-order valence-corrected chi connectivity index (χ0v) is 20.8. The van der Waals surface area contributed by atoms with Gasteiger partial charge in [0.15, 0.2) is 5.96 Å². The number of para-hydroxylation sites is 1. The first kappa shape index (κ1) is 24.5. The number of thiophene rings is 1. The van der Waals surface area contributed by atoms with E-state index in [2.05, 4.69) is 21.8 Å². The molecule has 0 aliphatic carbocycles. The summed E-state index contributed by atoms with van der Waals surface area (Å²) in [7, 11) is 1.99. The maximum atomic E-state index is 12.6. The number of carbonyl (C=O) groups excluding carboxylic acids is 1. The van der Waals surface area contributed by atoms with Gasteiger partial charge in [-0.3, -0.25) is 9.79 Å². The molecule has 2 heterocycles.